The standard InChI is InChI=1S/C30H38N4O4S/c1-3-12-34(13-4-2)30(38)24-16-22(28(31)36)15-23(17-24)29(37)33-26(18-25-11-8-14-39-25)27(35)20-32-19-21-9-6-5-7-10-21/h5-11,14-17,26-27,32,35H,3-4,12-13,18-20H2,1-2H3,(H2,31,36)(H,33,37). The number of aliphatic hydroxyl groups excluding tert-OH is 1. The highest BCUT2D eigenvalue weighted by Crippen LogP contribution is 2.17. The van der Waals surface area contributed by atoms with Crippen molar-refractivity contribution in [2.24, 2.45) is 5.73 Å². The summed E-state index contributed by atoms with van der Waals surface area (Å²) >= 11 is 1.54. The molecule has 0 aliphatic rings. The summed E-state index contributed by atoms with van der Waals surface area (Å²) in [5.74, 6) is -1.47. The van der Waals surface area contributed by atoms with E-state index in [9.17, 15) is 19.5 Å². The molecule has 0 bridgehead atoms. The van der Waals surface area contributed by atoms with Gasteiger partial charge in [-0.3, -0.25) is 14.4 Å². The van der Waals surface area contributed by atoms with Crippen LogP contribution in [0.2, 0.25) is 0 Å². The number of benzene rings is 2. The normalized spacial score (nSPS) is 12.5. The Hall–Kier alpha value is -3.53. The SMILES string of the molecule is CCCN(CCC)C(=O)c1cc(C(N)=O)cc(C(=O)NC(Cc2cccs2)C(O)CNCc2ccccc2)c1. The maximum absolute atomic E-state index is 13.4. The molecule has 0 saturated heterocycles. The molecule has 1 heterocycles. The maximum atomic E-state index is 13.4. The monoisotopic (exact) mass is 550 g/mol. The van der Waals surface area contributed by atoms with Gasteiger partial charge in [0.25, 0.3) is 11.8 Å². The lowest BCUT2D eigenvalue weighted by Gasteiger charge is -2.25. The van der Waals surface area contributed by atoms with Crippen molar-refractivity contribution in [1.82, 2.24) is 15.5 Å². The van der Waals surface area contributed by atoms with Crippen LogP contribution in [0.5, 0.6) is 0 Å². The average Bonchev–Trinajstić information content (AvgIpc) is 3.45. The van der Waals surface area contributed by atoms with Crippen LogP contribution in [0.15, 0.2) is 66.0 Å². The van der Waals surface area contributed by atoms with Crippen LogP contribution in [-0.2, 0) is 13.0 Å². The number of carbonyl (C=O) groups excluding carboxylic acids is 3. The second-order valence-electron chi connectivity index (χ2n) is 9.50. The highest BCUT2D eigenvalue weighted by molar-refractivity contribution is 7.09. The molecule has 0 fully saturated rings. The number of amides is 3. The van der Waals surface area contributed by atoms with Gasteiger partial charge in [-0.15, -0.1) is 11.3 Å². The maximum Gasteiger partial charge on any atom is 0.253 e. The molecule has 2 atom stereocenters. The number of nitrogens with zero attached hydrogens (tertiary/aromatic N) is 1. The second-order valence-corrected chi connectivity index (χ2v) is 10.5. The van der Waals surface area contributed by atoms with E-state index in [1.165, 1.54) is 18.2 Å². The third-order valence-electron chi connectivity index (χ3n) is 6.31. The number of aliphatic hydroxyl groups is 1. The number of primary amides is 1. The Morgan fingerprint density at radius 1 is 0.949 bits per heavy atom. The molecular formula is C30H38N4O4S. The van der Waals surface area contributed by atoms with Crippen molar-refractivity contribution in [3.63, 3.8) is 0 Å². The first-order valence-corrected chi connectivity index (χ1v) is 14.2. The summed E-state index contributed by atoms with van der Waals surface area (Å²) < 4.78 is 0. The summed E-state index contributed by atoms with van der Waals surface area (Å²) in [6.45, 7) is 5.96. The van der Waals surface area contributed by atoms with Crippen LogP contribution in [0, 0.1) is 0 Å². The molecule has 2 aromatic carbocycles. The molecule has 9 heteroatoms. The van der Waals surface area contributed by atoms with Crippen molar-refractivity contribution in [3.05, 3.63) is 93.2 Å². The van der Waals surface area contributed by atoms with Crippen molar-refractivity contribution in [1.29, 1.82) is 0 Å². The smallest absolute Gasteiger partial charge is 0.253 e. The van der Waals surface area contributed by atoms with Crippen molar-refractivity contribution in [3.8, 4) is 0 Å². The summed E-state index contributed by atoms with van der Waals surface area (Å²) in [4.78, 5) is 41.5. The second kappa shape index (κ2) is 15.2. The zero-order valence-corrected chi connectivity index (χ0v) is 23.4. The average molecular weight is 551 g/mol. The summed E-state index contributed by atoms with van der Waals surface area (Å²) in [5, 5.41) is 19.2. The highest BCUT2D eigenvalue weighted by atomic mass is 32.1. The van der Waals surface area contributed by atoms with Crippen molar-refractivity contribution >= 4 is 29.1 Å². The van der Waals surface area contributed by atoms with Crippen LogP contribution in [-0.4, -0.2) is 59.5 Å². The summed E-state index contributed by atoms with van der Waals surface area (Å²) in [6.07, 6.45) is 1.12. The first-order chi connectivity index (χ1) is 18.8. The van der Waals surface area contributed by atoms with Gasteiger partial charge in [0.15, 0.2) is 0 Å². The fourth-order valence-corrected chi connectivity index (χ4v) is 5.11. The number of thiophene rings is 1. The molecule has 3 aromatic rings. The third-order valence-corrected chi connectivity index (χ3v) is 7.21. The van der Waals surface area contributed by atoms with E-state index in [-0.39, 0.29) is 29.1 Å². The molecular weight excluding hydrogens is 512 g/mol. The molecule has 0 aliphatic heterocycles. The molecule has 3 amide bonds. The zero-order chi connectivity index (χ0) is 28.2. The number of nitrogens with two attached hydrogens (primary N) is 1. The molecule has 0 radical (unpaired) electrons. The topological polar surface area (TPSA) is 125 Å². The van der Waals surface area contributed by atoms with Gasteiger partial charge in [-0.05, 0) is 48.1 Å². The molecule has 0 aliphatic carbocycles. The van der Waals surface area contributed by atoms with E-state index in [0.717, 1.165) is 23.3 Å². The number of hydrogen-bond acceptors (Lipinski definition) is 6. The molecule has 0 saturated carbocycles. The minimum Gasteiger partial charge on any atom is -0.390 e. The van der Waals surface area contributed by atoms with Crippen LogP contribution in [0.4, 0.5) is 0 Å². The van der Waals surface area contributed by atoms with E-state index in [0.29, 0.717) is 26.1 Å². The van der Waals surface area contributed by atoms with Crippen molar-refractivity contribution in [2.45, 2.75) is 51.8 Å². The molecule has 3 rings (SSSR count). The lowest BCUT2D eigenvalue weighted by molar-refractivity contribution is 0.0755. The van der Waals surface area contributed by atoms with E-state index >= 15 is 0 Å². The number of rotatable bonds is 15. The van der Waals surface area contributed by atoms with Crippen LogP contribution in [0.3, 0.4) is 0 Å². The third kappa shape index (κ3) is 9.02. The van der Waals surface area contributed by atoms with Gasteiger partial charge in [-0.2, -0.15) is 0 Å². The van der Waals surface area contributed by atoms with Crippen molar-refractivity contribution in [2.75, 3.05) is 19.6 Å². The largest absolute Gasteiger partial charge is 0.390 e. The number of hydrogen-bond donors (Lipinski definition) is 4. The van der Waals surface area contributed by atoms with E-state index in [2.05, 4.69) is 10.6 Å². The van der Waals surface area contributed by atoms with Gasteiger partial charge in [0, 0.05) is 54.2 Å². The first-order valence-electron chi connectivity index (χ1n) is 13.3. The fourth-order valence-electron chi connectivity index (χ4n) is 4.34. The van der Waals surface area contributed by atoms with Crippen LogP contribution < -0.4 is 16.4 Å². The molecule has 1 aromatic heterocycles. The Kier molecular flexibility index (Phi) is 11.7. The summed E-state index contributed by atoms with van der Waals surface area (Å²) in [6, 6.07) is 17.4. The molecule has 0 spiro atoms. The molecule has 2 unspecified atom stereocenters. The molecule has 5 N–H and O–H groups in total. The van der Waals surface area contributed by atoms with Crippen LogP contribution in [0.1, 0.15) is 68.2 Å². The Bertz CT molecular complexity index is 1210. The Morgan fingerprint density at radius 2 is 1.62 bits per heavy atom. The fraction of sp³-hybridized carbons (Fsp3) is 0.367. The van der Waals surface area contributed by atoms with E-state index in [4.69, 9.17) is 5.73 Å². The lowest BCUT2D eigenvalue weighted by atomic mass is 10.0. The summed E-state index contributed by atoms with van der Waals surface area (Å²) in [5.41, 5.74) is 7.09. The lowest BCUT2D eigenvalue weighted by Crippen LogP contribution is -2.48. The van der Waals surface area contributed by atoms with Gasteiger partial charge in [0.05, 0.1) is 12.1 Å². The number of carbonyl (C=O) groups is 3. The predicted octanol–water partition coefficient (Wildman–Crippen LogP) is 3.60. The van der Waals surface area contributed by atoms with Gasteiger partial charge in [0.2, 0.25) is 5.91 Å². The van der Waals surface area contributed by atoms with Crippen molar-refractivity contribution < 1.29 is 19.5 Å². The highest BCUT2D eigenvalue weighted by Gasteiger charge is 2.25. The quantitative estimate of drug-likeness (QED) is 0.230. The zero-order valence-electron chi connectivity index (χ0n) is 22.6. The van der Waals surface area contributed by atoms with Crippen LogP contribution in [0.25, 0.3) is 0 Å². The van der Waals surface area contributed by atoms with Crippen LogP contribution >= 0.6 is 11.3 Å². The Labute approximate surface area is 234 Å². The first kappa shape index (κ1) is 30.0. The Balaban J connectivity index is 1.80. The van der Waals surface area contributed by atoms with E-state index < -0.39 is 24.0 Å². The molecule has 208 valence electrons. The van der Waals surface area contributed by atoms with E-state index in [1.54, 1.807) is 16.2 Å². The van der Waals surface area contributed by atoms with Gasteiger partial charge < -0.3 is 26.4 Å². The number of nitrogens with one attached hydrogen (secondary N) is 2. The minimum absolute atomic E-state index is 0.0822. The predicted molar refractivity (Wildman–Crippen MR) is 155 cm³/mol. The minimum atomic E-state index is -0.884. The van der Waals surface area contributed by atoms with Gasteiger partial charge in [-0.1, -0.05) is 50.2 Å². The van der Waals surface area contributed by atoms with Gasteiger partial charge in [-0.25, -0.2) is 0 Å². The van der Waals surface area contributed by atoms with Gasteiger partial charge >= 0.3 is 0 Å². The van der Waals surface area contributed by atoms with E-state index in [1.807, 2.05) is 61.7 Å². The van der Waals surface area contributed by atoms with Gasteiger partial charge in [0.1, 0.15) is 0 Å². The molecule has 39 heavy (non-hydrogen) atoms. The molecule has 8 nitrogen and oxygen atoms in total. The Morgan fingerprint density at radius 3 is 2.23 bits per heavy atom. The summed E-state index contributed by atoms with van der Waals surface area (Å²) in [7, 11) is 0.